The molecule has 116 valence electrons. The minimum absolute atomic E-state index is 0.0379. The number of benzene rings is 2. The van der Waals surface area contributed by atoms with Crippen LogP contribution in [0, 0.1) is 0 Å². The van der Waals surface area contributed by atoms with Crippen LogP contribution < -0.4 is 11.1 Å². The Morgan fingerprint density at radius 1 is 1.04 bits per heavy atom. The number of hydrogen-bond donors (Lipinski definition) is 2. The molecule has 0 spiro atoms. The maximum atomic E-state index is 12.0. The molecule has 5 heteroatoms. The van der Waals surface area contributed by atoms with E-state index in [0.29, 0.717) is 18.8 Å². The summed E-state index contributed by atoms with van der Waals surface area (Å²) in [6.45, 7) is 0. The van der Waals surface area contributed by atoms with Crippen molar-refractivity contribution >= 4 is 17.5 Å². The molecule has 0 bridgehead atoms. The molecule has 1 amide bonds. The number of carbonyl (C=O) groups is 1. The largest absolute Gasteiger partial charge is 0.369 e. The fourth-order valence-electron chi connectivity index (χ4n) is 2.35. The lowest BCUT2D eigenvalue weighted by molar-refractivity contribution is -0.116. The van der Waals surface area contributed by atoms with E-state index in [0.717, 1.165) is 17.1 Å². The van der Waals surface area contributed by atoms with E-state index in [1.54, 1.807) is 0 Å². The van der Waals surface area contributed by atoms with Gasteiger partial charge in [0.25, 0.3) is 0 Å². The Labute approximate surface area is 134 Å². The first-order valence-electron chi connectivity index (χ1n) is 7.46. The number of aryl methyl sites for hydroxylation is 1. The number of nitrogens with zero attached hydrogens (tertiary/aromatic N) is 2. The molecule has 2 aromatic carbocycles. The van der Waals surface area contributed by atoms with E-state index < -0.39 is 0 Å². The fraction of sp³-hybridized carbons (Fsp3) is 0.111. The van der Waals surface area contributed by atoms with Crippen LogP contribution in [-0.4, -0.2) is 15.5 Å². The van der Waals surface area contributed by atoms with E-state index in [4.69, 9.17) is 5.73 Å². The van der Waals surface area contributed by atoms with Gasteiger partial charge >= 0.3 is 0 Å². The molecule has 0 radical (unpaired) electrons. The van der Waals surface area contributed by atoms with Crippen molar-refractivity contribution in [3.63, 3.8) is 0 Å². The van der Waals surface area contributed by atoms with Gasteiger partial charge in [0.1, 0.15) is 0 Å². The second-order valence-corrected chi connectivity index (χ2v) is 5.21. The van der Waals surface area contributed by atoms with E-state index >= 15 is 0 Å². The zero-order valence-electron chi connectivity index (χ0n) is 12.6. The highest BCUT2D eigenvalue weighted by Gasteiger charge is 2.09. The highest BCUT2D eigenvalue weighted by molar-refractivity contribution is 5.90. The number of nitrogens with one attached hydrogen (secondary N) is 1. The Balaban J connectivity index is 1.62. The van der Waals surface area contributed by atoms with Gasteiger partial charge in [-0.15, -0.1) is 0 Å². The van der Waals surface area contributed by atoms with Crippen molar-refractivity contribution in [3.05, 3.63) is 72.6 Å². The van der Waals surface area contributed by atoms with Gasteiger partial charge in [0, 0.05) is 30.4 Å². The zero-order chi connectivity index (χ0) is 16.1. The van der Waals surface area contributed by atoms with Crippen LogP contribution in [0.5, 0.6) is 0 Å². The van der Waals surface area contributed by atoms with Crippen molar-refractivity contribution in [1.82, 2.24) is 9.55 Å². The van der Waals surface area contributed by atoms with Crippen LogP contribution in [0.3, 0.4) is 0 Å². The SMILES string of the molecule is Nc1nc(CCC(=O)Nc2ccccc2)cn1-c1ccccc1. The average Bonchev–Trinajstić information content (AvgIpc) is 2.96. The number of carbonyl (C=O) groups excluding carboxylic acids is 1. The van der Waals surface area contributed by atoms with Crippen molar-refractivity contribution < 1.29 is 4.79 Å². The first kappa shape index (κ1) is 14.8. The Bertz CT molecular complexity index is 781. The quantitative estimate of drug-likeness (QED) is 0.761. The molecule has 23 heavy (non-hydrogen) atoms. The molecule has 1 aromatic heterocycles. The van der Waals surface area contributed by atoms with Gasteiger partial charge in [-0.1, -0.05) is 36.4 Å². The molecule has 0 saturated carbocycles. The summed E-state index contributed by atoms with van der Waals surface area (Å²) in [6.07, 6.45) is 2.78. The monoisotopic (exact) mass is 306 g/mol. The first-order valence-corrected chi connectivity index (χ1v) is 7.46. The van der Waals surface area contributed by atoms with Crippen LogP contribution in [0.4, 0.5) is 11.6 Å². The van der Waals surface area contributed by atoms with Crippen molar-refractivity contribution in [1.29, 1.82) is 0 Å². The number of anilines is 2. The Morgan fingerprint density at radius 3 is 2.39 bits per heavy atom. The number of nitrogen functional groups attached to an aromatic ring is 1. The van der Waals surface area contributed by atoms with Gasteiger partial charge in [-0.2, -0.15) is 0 Å². The summed E-state index contributed by atoms with van der Waals surface area (Å²) in [5.41, 5.74) is 8.51. The Morgan fingerprint density at radius 2 is 1.70 bits per heavy atom. The van der Waals surface area contributed by atoms with Gasteiger partial charge in [0.05, 0.1) is 5.69 Å². The number of rotatable bonds is 5. The molecule has 0 atom stereocenters. The molecule has 0 aliphatic rings. The van der Waals surface area contributed by atoms with Gasteiger partial charge in [-0.05, 0) is 24.3 Å². The summed E-state index contributed by atoms with van der Waals surface area (Å²) < 4.78 is 1.82. The van der Waals surface area contributed by atoms with E-state index in [9.17, 15) is 4.79 Å². The lowest BCUT2D eigenvalue weighted by atomic mass is 10.2. The Kier molecular flexibility index (Phi) is 4.38. The standard InChI is InChI=1S/C18H18N4O/c19-18-21-15(13-22(18)16-9-5-2-6-10-16)11-12-17(23)20-14-7-3-1-4-8-14/h1-10,13H,11-12H2,(H2,19,21)(H,20,23). The minimum atomic E-state index is -0.0379. The van der Waals surface area contributed by atoms with Crippen LogP contribution in [-0.2, 0) is 11.2 Å². The summed E-state index contributed by atoms with van der Waals surface area (Å²) in [4.78, 5) is 16.3. The van der Waals surface area contributed by atoms with Gasteiger partial charge in [0.2, 0.25) is 11.9 Å². The third kappa shape index (κ3) is 3.77. The number of nitrogens with two attached hydrogens (primary N) is 1. The van der Waals surface area contributed by atoms with Crippen LogP contribution in [0.25, 0.3) is 5.69 Å². The van der Waals surface area contributed by atoms with E-state index in [1.807, 2.05) is 71.4 Å². The molecule has 0 aliphatic carbocycles. The highest BCUT2D eigenvalue weighted by atomic mass is 16.1. The number of amides is 1. The maximum Gasteiger partial charge on any atom is 0.224 e. The van der Waals surface area contributed by atoms with E-state index in [2.05, 4.69) is 10.3 Å². The van der Waals surface area contributed by atoms with Gasteiger partial charge in [0.15, 0.2) is 0 Å². The second-order valence-electron chi connectivity index (χ2n) is 5.21. The molecule has 0 unspecified atom stereocenters. The van der Waals surface area contributed by atoms with Crippen molar-refractivity contribution in [2.24, 2.45) is 0 Å². The van der Waals surface area contributed by atoms with E-state index in [1.165, 1.54) is 0 Å². The average molecular weight is 306 g/mol. The molecular weight excluding hydrogens is 288 g/mol. The lowest BCUT2D eigenvalue weighted by Gasteiger charge is -2.03. The molecule has 0 aliphatic heterocycles. The number of imidazole rings is 1. The molecule has 5 nitrogen and oxygen atoms in total. The smallest absolute Gasteiger partial charge is 0.224 e. The van der Waals surface area contributed by atoms with E-state index in [-0.39, 0.29) is 5.91 Å². The summed E-state index contributed by atoms with van der Waals surface area (Å²) in [6, 6.07) is 19.2. The maximum absolute atomic E-state index is 12.0. The number of para-hydroxylation sites is 2. The molecule has 1 heterocycles. The van der Waals surface area contributed by atoms with Crippen LogP contribution >= 0.6 is 0 Å². The van der Waals surface area contributed by atoms with Crippen LogP contribution in [0.2, 0.25) is 0 Å². The van der Waals surface area contributed by atoms with Gasteiger partial charge in [-0.3, -0.25) is 9.36 Å². The molecule has 3 aromatic rings. The van der Waals surface area contributed by atoms with Crippen molar-refractivity contribution in [3.8, 4) is 5.69 Å². The Hall–Kier alpha value is -3.08. The molecule has 3 N–H and O–H groups in total. The topological polar surface area (TPSA) is 72.9 Å². The first-order chi connectivity index (χ1) is 11.2. The van der Waals surface area contributed by atoms with Gasteiger partial charge < -0.3 is 11.1 Å². The third-order valence-electron chi connectivity index (χ3n) is 3.48. The molecule has 0 fully saturated rings. The molecule has 0 saturated heterocycles. The second kappa shape index (κ2) is 6.79. The number of hydrogen-bond acceptors (Lipinski definition) is 3. The summed E-state index contributed by atoms with van der Waals surface area (Å²) in [7, 11) is 0. The van der Waals surface area contributed by atoms with Crippen LogP contribution in [0.15, 0.2) is 66.9 Å². The van der Waals surface area contributed by atoms with Gasteiger partial charge in [-0.25, -0.2) is 4.98 Å². The minimum Gasteiger partial charge on any atom is -0.369 e. The van der Waals surface area contributed by atoms with Crippen molar-refractivity contribution in [2.75, 3.05) is 11.1 Å². The predicted molar refractivity (Wildman–Crippen MR) is 91.4 cm³/mol. The van der Waals surface area contributed by atoms with Crippen molar-refractivity contribution in [2.45, 2.75) is 12.8 Å². The molecular formula is C18H18N4O. The third-order valence-corrected chi connectivity index (χ3v) is 3.48. The number of aromatic nitrogens is 2. The summed E-state index contributed by atoms with van der Waals surface area (Å²) in [5.74, 6) is 0.388. The highest BCUT2D eigenvalue weighted by Crippen LogP contribution is 2.15. The van der Waals surface area contributed by atoms with Crippen LogP contribution in [0.1, 0.15) is 12.1 Å². The zero-order valence-corrected chi connectivity index (χ0v) is 12.6. The summed E-state index contributed by atoms with van der Waals surface area (Å²) >= 11 is 0. The lowest BCUT2D eigenvalue weighted by Crippen LogP contribution is -2.12. The normalized spacial score (nSPS) is 10.4. The summed E-state index contributed by atoms with van der Waals surface area (Å²) in [5, 5.41) is 2.86. The molecule has 3 rings (SSSR count). The fourth-order valence-corrected chi connectivity index (χ4v) is 2.35. The predicted octanol–water partition coefficient (Wildman–Crippen LogP) is 3.03.